The Morgan fingerprint density at radius 1 is 1.27 bits per heavy atom. The van der Waals surface area contributed by atoms with Crippen LogP contribution in [0.4, 0.5) is 0 Å². The van der Waals surface area contributed by atoms with Crippen LogP contribution in [0, 0.1) is 6.92 Å². The minimum atomic E-state index is 0.490. The van der Waals surface area contributed by atoms with E-state index in [2.05, 4.69) is 65.7 Å². The van der Waals surface area contributed by atoms with Crippen LogP contribution in [0.2, 0.25) is 0 Å². The van der Waals surface area contributed by atoms with E-state index in [9.17, 15) is 0 Å². The fraction of sp³-hybridized carbons (Fsp3) is 0.526. The van der Waals surface area contributed by atoms with Gasteiger partial charge in [0.15, 0.2) is 0 Å². The number of benzene rings is 1. The molecule has 0 unspecified atom stereocenters. The Labute approximate surface area is 134 Å². The summed E-state index contributed by atoms with van der Waals surface area (Å²) in [5.74, 6) is 1.83. The average Bonchev–Trinajstić information content (AvgIpc) is 3.00. The Hall–Kier alpha value is -1.61. The van der Waals surface area contributed by atoms with Gasteiger partial charge in [0.25, 0.3) is 0 Å². The van der Waals surface area contributed by atoms with Crippen molar-refractivity contribution in [2.75, 3.05) is 13.1 Å². The van der Waals surface area contributed by atoms with Gasteiger partial charge in [-0.2, -0.15) is 0 Å². The molecular formula is C19H27N3. The van der Waals surface area contributed by atoms with E-state index in [4.69, 9.17) is 0 Å². The van der Waals surface area contributed by atoms with Gasteiger partial charge in [0.1, 0.15) is 5.82 Å². The van der Waals surface area contributed by atoms with Crippen LogP contribution < -0.4 is 0 Å². The van der Waals surface area contributed by atoms with E-state index >= 15 is 0 Å². The van der Waals surface area contributed by atoms with E-state index < -0.39 is 0 Å². The lowest BCUT2D eigenvalue weighted by Crippen LogP contribution is -2.35. The van der Waals surface area contributed by atoms with Gasteiger partial charge in [-0.15, -0.1) is 0 Å². The molecule has 1 fully saturated rings. The largest absolute Gasteiger partial charge is 0.332 e. The Morgan fingerprint density at radius 3 is 2.86 bits per heavy atom. The molecular weight excluding hydrogens is 270 g/mol. The third kappa shape index (κ3) is 3.25. The number of aromatic nitrogens is 2. The smallest absolute Gasteiger partial charge is 0.113 e. The molecule has 3 nitrogen and oxygen atoms in total. The van der Waals surface area contributed by atoms with Gasteiger partial charge in [0.05, 0.1) is 0 Å². The Morgan fingerprint density at radius 2 is 2.09 bits per heavy atom. The van der Waals surface area contributed by atoms with Crippen molar-refractivity contribution in [3.05, 3.63) is 53.6 Å². The van der Waals surface area contributed by atoms with Crippen LogP contribution in [0.15, 0.2) is 36.7 Å². The first kappa shape index (κ1) is 15.3. The molecule has 1 aliphatic rings. The van der Waals surface area contributed by atoms with Crippen molar-refractivity contribution in [3.63, 3.8) is 0 Å². The predicted molar refractivity (Wildman–Crippen MR) is 91.0 cm³/mol. The number of nitrogens with zero attached hydrogens (tertiary/aromatic N) is 3. The van der Waals surface area contributed by atoms with Gasteiger partial charge in [0.2, 0.25) is 0 Å². The topological polar surface area (TPSA) is 21.1 Å². The van der Waals surface area contributed by atoms with Gasteiger partial charge in [-0.05, 0) is 51.3 Å². The number of aryl methyl sites for hydroxylation is 1. The molecule has 0 spiro atoms. The minimum absolute atomic E-state index is 0.490. The van der Waals surface area contributed by atoms with Crippen LogP contribution in [0.1, 0.15) is 55.6 Å². The van der Waals surface area contributed by atoms with Crippen molar-refractivity contribution >= 4 is 0 Å². The summed E-state index contributed by atoms with van der Waals surface area (Å²) >= 11 is 0. The molecule has 0 amide bonds. The third-order valence-electron chi connectivity index (χ3n) is 4.78. The summed E-state index contributed by atoms with van der Waals surface area (Å²) < 4.78 is 2.34. The standard InChI is InChI=1S/C19H27N3/c1-15(2)22-12-10-20-19(22)18-9-6-11-21(14-18)13-17-8-5-4-7-16(17)3/h4-5,7-8,10,12,15,18H,6,9,11,13-14H2,1-3H3/t18-/m0/s1. The molecule has 1 atom stereocenters. The average molecular weight is 297 g/mol. The lowest BCUT2D eigenvalue weighted by atomic mass is 9.96. The quantitative estimate of drug-likeness (QED) is 0.845. The molecule has 118 valence electrons. The van der Waals surface area contributed by atoms with E-state index in [0.29, 0.717) is 12.0 Å². The van der Waals surface area contributed by atoms with Crippen LogP contribution in [-0.2, 0) is 6.54 Å². The van der Waals surface area contributed by atoms with Crippen LogP contribution in [0.3, 0.4) is 0 Å². The van der Waals surface area contributed by atoms with Gasteiger partial charge < -0.3 is 4.57 Å². The van der Waals surface area contributed by atoms with Gasteiger partial charge in [-0.25, -0.2) is 4.98 Å². The fourth-order valence-corrected chi connectivity index (χ4v) is 3.52. The summed E-state index contributed by atoms with van der Waals surface area (Å²) in [6.45, 7) is 10.1. The first-order valence-corrected chi connectivity index (χ1v) is 8.44. The predicted octanol–water partition coefficient (Wildman–Crippen LogP) is 4.15. The molecule has 0 N–H and O–H groups in total. The highest BCUT2D eigenvalue weighted by Gasteiger charge is 2.25. The van der Waals surface area contributed by atoms with E-state index in [1.54, 1.807) is 0 Å². The van der Waals surface area contributed by atoms with E-state index in [1.807, 2.05) is 6.20 Å². The van der Waals surface area contributed by atoms with Crippen molar-refractivity contribution in [1.29, 1.82) is 0 Å². The van der Waals surface area contributed by atoms with Crippen molar-refractivity contribution in [3.8, 4) is 0 Å². The Bertz CT molecular complexity index is 615. The van der Waals surface area contributed by atoms with Crippen molar-refractivity contribution in [2.24, 2.45) is 0 Å². The zero-order chi connectivity index (χ0) is 15.5. The fourth-order valence-electron chi connectivity index (χ4n) is 3.52. The minimum Gasteiger partial charge on any atom is -0.332 e. The van der Waals surface area contributed by atoms with Crippen LogP contribution in [0.25, 0.3) is 0 Å². The molecule has 0 radical (unpaired) electrons. The Balaban J connectivity index is 1.72. The lowest BCUT2D eigenvalue weighted by Gasteiger charge is -2.33. The second-order valence-corrected chi connectivity index (χ2v) is 6.79. The second kappa shape index (κ2) is 6.66. The van der Waals surface area contributed by atoms with Gasteiger partial charge in [-0.3, -0.25) is 4.90 Å². The number of piperidine rings is 1. The summed E-state index contributed by atoms with van der Waals surface area (Å²) in [4.78, 5) is 7.25. The Kier molecular flexibility index (Phi) is 4.63. The highest BCUT2D eigenvalue weighted by Crippen LogP contribution is 2.28. The maximum Gasteiger partial charge on any atom is 0.113 e. The molecule has 2 aromatic rings. The van der Waals surface area contributed by atoms with Crippen molar-refractivity contribution in [1.82, 2.24) is 14.5 Å². The summed E-state index contributed by atoms with van der Waals surface area (Å²) in [6, 6.07) is 9.23. The van der Waals surface area contributed by atoms with Crippen LogP contribution >= 0.6 is 0 Å². The highest BCUT2D eigenvalue weighted by atomic mass is 15.2. The number of likely N-dealkylation sites (tertiary alicyclic amines) is 1. The first-order valence-electron chi connectivity index (χ1n) is 8.44. The maximum atomic E-state index is 4.66. The normalized spacial score (nSPS) is 19.7. The molecule has 1 saturated heterocycles. The molecule has 1 aliphatic heterocycles. The number of rotatable bonds is 4. The third-order valence-corrected chi connectivity index (χ3v) is 4.78. The van der Waals surface area contributed by atoms with E-state index in [1.165, 1.54) is 36.3 Å². The lowest BCUT2D eigenvalue weighted by molar-refractivity contribution is 0.193. The SMILES string of the molecule is Cc1ccccc1CN1CCC[C@H](c2nccn2C(C)C)C1. The second-order valence-electron chi connectivity index (χ2n) is 6.79. The zero-order valence-corrected chi connectivity index (χ0v) is 14.0. The molecule has 0 saturated carbocycles. The van der Waals surface area contributed by atoms with Gasteiger partial charge >= 0.3 is 0 Å². The molecule has 0 bridgehead atoms. The molecule has 3 heteroatoms. The first-order chi connectivity index (χ1) is 10.6. The van der Waals surface area contributed by atoms with Crippen LogP contribution in [0.5, 0.6) is 0 Å². The summed E-state index contributed by atoms with van der Waals surface area (Å²) in [5.41, 5.74) is 2.85. The highest BCUT2D eigenvalue weighted by molar-refractivity contribution is 5.25. The zero-order valence-electron chi connectivity index (χ0n) is 14.0. The van der Waals surface area contributed by atoms with Gasteiger partial charge in [0, 0.05) is 37.4 Å². The summed E-state index contributed by atoms with van der Waals surface area (Å²) in [6.07, 6.45) is 6.60. The molecule has 3 rings (SSSR count). The van der Waals surface area contributed by atoms with E-state index in [-0.39, 0.29) is 0 Å². The van der Waals surface area contributed by atoms with Crippen molar-refractivity contribution < 1.29 is 0 Å². The van der Waals surface area contributed by atoms with Crippen LogP contribution in [-0.4, -0.2) is 27.5 Å². The summed E-state index contributed by atoms with van der Waals surface area (Å²) in [7, 11) is 0. The molecule has 1 aromatic carbocycles. The maximum absolute atomic E-state index is 4.66. The summed E-state index contributed by atoms with van der Waals surface area (Å²) in [5, 5.41) is 0. The molecule has 2 heterocycles. The molecule has 1 aromatic heterocycles. The number of hydrogen-bond acceptors (Lipinski definition) is 2. The van der Waals surface area contributed by atoms with Crippen molar-refractivity contribution in [2.45, 2.75) is 52.1 Å². The monoisotopic (exact) mass is 297 g/mol. The molecule has 22 heavy (non-hydrogen) atoms. The van der Waals surface area contributed by atoms with E-state index in [0.717, 1.165) is 13.1 Å². The number of hydrogen-bond donors (Lipinski definition) is 0. The number of imidazole rings is 1. The van der Waals surface area contributed by atoms with Gasteiger partial charge in [-0.1, -0.05) is 24.3 Å². The molecule has 0 aliphatic carbocycles.